The standard InChI is InChI=1S/C16H19Cl3N2O4/c1-11-3-5-12(6-4-11)13(22)20-15(14(23)24-2,16(17,18)19)21-7-9-25-10-8-21/h3-6H,7-10H2,1-2H3,(H,20,22). The van der Waals surface area contributed by atoms with Crippen molar-refractivity contribution in [3.8, 4) is 0 Å². The van der Waals surface area contributed by atoms with Crippen LogP contribution in [0.1, 0.15) is 15.9 Å². The second-order valence-electron chi connectivity index (χ2n) is 5.62. The van der Waals surface area contributed by atoms with Crippen LogP contribution in [0.25, 0.3) is 0 Å². The normalized spacial score (nSPS) is 18.3. The molecule has 0 saturated carbocycles. The minimum absolute atomic E-state index is 0.289. The Labute approximate surface area is 161 Å². The fourth-order valence-electron chi connectivity index (χ4n) is 2.61. The maximum Gasteiger partial charge on any atom is 0.351 e. The highest BCUT2D eigenvalue weighted by molar-refractivity contribution is 6.69. The quantitative estimate of drug-likeness (QED) is 0.610. The van der Waals surface area contributed by atoms with Crippen LogP contribution in [0.2, 0.25) is 0 Å². The Morgan fingerprint density at radius 1 is 1.16 bits per heavy atom. The number of nitrogens with one attached hydrogen (secondary N) is 1. The van der Waals surface area contributed by atoms with Gasteiger partial charge in [0, 0.05) is 18.7 Å². The molecule has 2 rings (SSSR count). The minimum atomic E-state index is -2.17. The Balaban J connectivity index is 2.43. The molecule has 1 unspecified atom stereocenters. The predicted molar refractivity (Wildman–Crippen MR) is 96.1 cm³/mol. The number of hydrogen-bond donors (Lipinski definition) is 1. The van der Waals surface area contributed by atoms with Gasteiger partial charge in [-0.2, -0.15) is 0 Å². The van der Waals surface area contributed by atoms with Gasteiger partial charge >= 0.3 is 5.97 Å². The van der Waals surface area contributed by atoms with Gasteiger partial charge in [-0.05, 0) is 19.1 Å². The first kappa shape index (κ1) is 20.3. The molecule has 1 fully saturated rings. The van der Waals surface area contributed by atoms with Crippen molar-refractivity contribution < 1.29 is 19.1 Å². The summed E-state index contributed by atoms with van der Waals surface area (Å²) < 4.78 is 7.98. The van der Waals surface area contributed by atoms with Crippen molar-refractivity contribution in [2.45, 2.75) is 16.4 Å². The van der Waals surface area contributed by atoms with E-state index in [2.05, 4.69) is 5.32 Å². The van der Waals surface area contributed by atoms with Crippen molar-refractivity contribution in [3.05, 3.63) is 35.4 Å². The number of halogens is 3. The van der Waals surface area contributed by atoms with Gasteiger partial charge in [0.1, 0.15) is 0 Å². The van der Waals surface area contributed by atoms with Gasteiger partial charge in [-0.3, -0.25) is 9.69 Å². The smallest absolute Gasteiger partial charge is 0.351 e. The molecule has 138 valence electrons. The molecule has 0 spiro atoms. The third kappa shape index (κ3) is 4.20. The molecule has 1 heterocycles. The third-order valence-electron chi connectivity index (χ3n) is 3.98. The summed E-state index contributed by atoms with van der Waals surface area (Å²) in [5, 5.41) is 2.59. The van der Waals surface area contributed by atoms with E-state index >= 15 is 0 Å². The summed E-state index contributed by atoms with van der Waals surface area (Å²) in [6.45, 7) is 3.14. The van der Waals surface area contributed by atoms with E-state index in [1.165, 1.54) is 7.11 Å². The van der Waals surface area contributed by atoms with Crippen molar-refractivity contribution in [3.63, 3.8) is 0 Å². The zero-order chi connectivity index (χ0) is 18.7. The number of amides is 1. The molecule has 25 heavy (non-hydrogen) atoms. The Kier molecular flexibility index (Phi) is 6.56. The number of aryl methyl sites for hydroxylation is 1. The summed E-state index contributed by atoms with van der Waals surface area (Å²) in [7, 11) is 1.17. The maximum atomic E-state index is 12.7. The lowest BCUT2D eigenvalue weighted by molar-refractivity contribution is -0.160. The number of carbonyl (C=O) groups excluding carboxylic acids is 2. The highest BCUT2D eigenvalue weighted by Crippen LogP contribution is 2.42. The van der Waals surface area contributed by atoms with Gasteiger partial charge in [0.15, 0.2) is 0 Å². The molecule has 1 aromatic rings. The lowest BCUT2D eigenvalue weighted by Crippen LogP contribution is -2.74. The molecule has 0 aliphatic carbocycles. The summed E-state index contributed by atoms with van der Waals surface area (Å²) in [6, 6.07) is 6.81. The molecule has 1 aromatic carbocycles. The number of methoxy groups -OCH3 is 1. The number of esters is 1. The minimum Gasteiger partial charge on any atom is -0.466 e. The van der Waals surface area contributed by atoms with Crippen LogP contribution in [-0.4, -0.2) is 59.6 Å². The van der Waals surface area contributed by atoms with E-state index in [1.807, 2.05) is 6.92 Å². The molecule has 0 radical (unpaired) electrons. The lowest BCUT2D eigenvalue weighted by atomic mass is 10.1. The van der Waals surface area contributed by atoms with Crippen LogP contribution >= 0.6 is 34.8 Å². The number of ether oxygens (including phenoxy) is 2. The van der Waals surface area contributed by atoms with Gasteiger partial charge in [-0.15, -0.1) is 0 Å². The van der Waals surface area contributed by atoms with Crippen LogP contribution in [0.3, 0.4) is 0 Å². The fraction of sp³-hybridized carbons (Fsp3) is 0.500. The number of benzene rings is 1. The summed E-state index contributed by atoms with van der Waals surface area (Å²) in [5.41, 5.74) is -0.648. The highest BCUT2D eigenvalue weighted by Gasteiger charge is 2.61. The molecular weight excluding hydrogens is 391 g/mol. The van der Waals surface area contributed by atoms with Crippen LogP contribution in [0.15, 0.2) is 24.3 Å². The summed E-state index contributed by atoms with van der Waals surface area (Å²) >= 11 is 18.5. The molecule has 1 saturated heterocycles. The Morgan fingerprint density at radius 2 is 1.72 bits per heavy atom. The lowest BCUT2D eigenvalue weighted by Gasteiger charge is -2.46. The largest absolute Gasteiger partial charge is 0.466 e. The van der Waals surface area contributed by atoms with Gasteiger partial charge in [0.2, 0.25) is 9.46 Å². The van der Waals surface area contributed by atoms with E-state index in [0.717, 1.165) is 5.56 Å². The van der Waals surface area contributed by atoms with E-state index in [0.29, 0.717) is 18.8 Å². The Hall–Kier alpha value is -1.05. The number of rotatable bonds is 4. The van der Waals surface area contributed by atoms with Gasteiger partial charge in [0.05, 0.1) is 20.3 Å². The topological polar surface area (TPSA) is 67.9 Å². The van der Waals surface area contributed by atoms with Crippen LogP contribution in [-0.2, 0) is 14.3 Å². The number of carbonyl (C=O) groups is 2. The number of hydrogen-bond acceptors (Lipinski definition) is 5. The van der Waals surface area contributed by atoms with Crippen molar-refractivity contribution >= 4 is 46.7 Å². The van der Waals surface area contributed by atoms with Crippen LogP contribution in [0.5, 0.6) is 0 Å². The summed E-state index contributed by atoms with van der Waals surface area (Å²) in [5.74, 6) is -1.42. The number of morpholine rings is 1. The second-order valence-corrected chi connectivity index (χ2v) is 7.90. The molecular formula is C16H19Cl3N2O4. The predicted octanol–water partition coefficient (Wildman–Crippen LogP) is 2.30. The molecule has 1 amide bonds. The zero-order valence-electron chi connectivity index (χ0n) is 13.9. The molecule has 0 bridgehead atoms. The van der Waals surface area contributed by atoms with Crippen molar-refractivity contribution in [1.82, 2.24) is 10.2 Å². The first-order chi connectivity index (χ1) is 11.7. The van der Waals surface area contributed by atoms with E-state index in [4.69, 9.17) is 44.3 Å². The molecule has 1 atom stereocenters. The van der Waals surface area contributed by atoms with Crippen molar-refractivity contribution in [2.24, 2.45) is 0 Å². The van der Waals surface area contributed by atoms with Gasteiger partial charge in [-0.1, -0.05) is 52.5 Å². The second kappa shape index (κ2) is 8.10. The third-order valence-corrected chi connectivity index (χ3v) is 4.81. The Morgan fingerprint density at radius 3 is 2.20 bits per heavy atom. The molecule has 6 nitrogen and oxygen atoms in total. The van der Waals surface area contributed by atoms with E-state index in [9.17, 15) is 9.59 Å². The summed E-state index contributed by atoms with van der Waals surface area (Å²) in [6.07, 6.45) is 0. The number of alkyl halides is 3. The van der Waals surface area contributed by atoms with Crippen LogP contribution < -0.4 is 5.32 Å². The van der Waals surface area contributed by atoms with Gasteiger partial charge < -0.3 is 14.8 Å². The van der Waals surface area contributed by atoms with E-state index < -0.39 is 21.3 Å². The molecule has 1 aliphatic rings. The average molecular weight is 410 g/mol. The van der Waals surface area contributed by atoms with Gasteiger partial charge in [0.25, 0.3) is 5.91 Å². The molecule has 1 N–H and O–H groups in total. The zero-order valence-corrected chi connectivity index (χ0v) is 16.1. The first-order valence-electron chi connectivity index (χ1n) is 7.59. The highest BCUT2D eigenvalue weighted by atomic mass is 35.6. The molecule has 9 heteroatoms. The van der Waals surface area contributed by atoms with Crippen LogP contribution in [0.4, 0.5) is 0 Å². The van der Waals surface area contributed by atoms with Gasteiger partial charge in [-0.25, -0.2) is 4.79 Å². The van der Waals surface area contributed by atoms with E-state index in [1.54, 1.807) is 29.2 Å². The molecule has 1 aliphatic heterocycles. The van der Waals surface area contributed by atoms with Crippen molar-refractivity contribution in [1.29, 1.82) is 0 Å². The summed E-state index contributed by atoms with van der Waals surface area (Å²) in [4.78, 5) is 26.9. The fourth-order valence-corrected chi connectivity index (χ4v) is 3.34. The maximum absolute atomic E-state index is 12.7. The monoisotopic (exact) mass is 408 g/mol. The van der Waals surface area contributed by atoms with Crippen LogP contribution in [0, 0.1) is 6.92 Å². The Bertz CT molecular complexity index is 627. The average Bonchev–Trinajstić information content (AvgIpc) is 2.59. The first-order valence-corrected chi connectivity index (χ1v) is 8.73. The van der Waals surface area contributed by atoms with E-state index in [-0.39, 0.29) is 13.1 Å². The van der Waals surface area contributed by atoms with Crippen molar-refractivity contribution in [2.75, 3.05) is 33.4 Å². The number of nitrogens with zero attached hydrogens (tertiary/aromatic N) is 1. The molecule has 0 aromatic heterocycles. The SMILES string of the molecule is COC(=O)C(NC(=O)c1ccc(C)cc1)(N1CCOCC1)C(Cl)(Cl)Cl.